The van der Waals surface area contributed by atoms with Gasteiger partial charge in [0.15, 0.2) is 5.16 Å². The first-order chi connectivity index (χ1) is 19.2. The predicted molar refractivity (Wildman–Crippen MR) is 163 cm³/mol. The van der Waals surface area contributed by atoms with Crippen molar-refractivity contribution < 1.29 is 4.79 Å². The van der Waals surface area contributed by atoms with E-state index in [0.717, 1.165) is 66.4 Å². The topological polar surface area (TPSA) is 83.6 Å². The lowest BCUT2D eigenvalue weighted by atomic mass is 9.49. The summed E-state index contributed by atoms with van der Waals surface area (Å²) in [5, 5.41) is 23.7. The Bertz CT molecular complexity index is 1300. The molecule has 2 aromatic rings. The lowest BCUT2D eigenvalue weighted by Crippen LogP contribution is -2.47. The summed E-state index contributed by atoms with van der Waals surface area (Å²) in [7, 11) is 0. The number of nitriles is 1. The number of carbonyl (C=O) groups excluding carboxylic acids is 1. The number of nitrogens with one attached hydrogen (secondary N) is 1. The van der Waals surface area contributed by atoms with E-state index in [1.807, 2.05) is 6.08 Å². The lowest BCUT2D eigenvalue weighted by molar-refractivity contribution is -0.113. The van der Waals surface area contributed by atoms with Crippen LogP contribution in [0.25, 0.3) is 0 Å². The summed E-state index contributed by atoms with van der Waals surface area (Å²) in [4.78, 5) is 14.4. The van der Waals surface area contributed by atoms with Gasteiger partial charge in [-0.15, -0.1) is 28.1 Å². The van der Waals surface area contributed by atoms with E-state index in [1.165, 1.54) is 55.2 Å². The Morgan fingerprint density at radius 3 is 2.58 bits per heavy atom. The van der Waals surface area contributed by atoms with E-state index < -0.39 is 0 Å². The number of thiophene rings is 1. The van der Waals surface area contributed by atoms with Crippen molar-refractivity contribution in [2.24, 2.45) is 34.5 Å². The molecule has 4 bridgehead atoms. The first-order valence-electron chi connectivity index (χ1n) is 15.2. The number of fused-ring (bicyclic) bond motifs is 1. The van der Waals surface area contributed by atoms with Crippen molar-refractivity contribution >= 4 is 34.0 Å². The second-order valence-corrected chi connectivity index (χ2v) is 15.9. The molecule has 1 unspecified atom stereocenters. The predicted octanol–water partition coefficient (Wildman–Crippen LogP) is 7.43. The number of aromatic nitrogens is 3. The van der Waals surface area contributed by atoms with Crippen LogP contribution in [-0.2, 0) is 30.6 Å². The van der Waals surface area contributed by atoms with Gasteiger partial charge in [0.2, 0.25) is 5.91 Å². The highest BCUT2D eigenvalue weighted by atomic mass is 32.2. The SMILES string of the molecule is C=CCn1c(CC23CC4CC(CC(C4)C2)C3)nnc1SCC(=O)Nc1sc2c(c1C#N)CCC(C(C)(C)CC)C2. The molecular formula is C32H43N5OS2. The molecule has 2 aromatic heterocycles. The molecule has 0 aromatic carbocycles. The van der Waals surface area contributed by atoms with E-state index in [2.05, 4.69) is 53.5 Å². The summed E-state index contributed by atoms with van der Waals surface area (Å²) in [6.45, 7) is 11.6. The third kappa shape index (κ3) is 5.29. The number of amides is 1. The summed E-state index contributed by atoms with van der Waals surface area (Å²) in [5.41, 5.74) is 2.49. The van der Waals surface area contributed by atoms with E-state index >= 15 is 0 Å². The van der Waals surface area contributed by atoms with Gasteiger partial charge in [0, 0.05) is 17.8 Å². The molecule has 1 amide bonds. The van der Waals surface area contributed by atoms with E-state index in [1.54, 1.807) is 11.3 Å². The molecule has 214 valence electrons. The van der Waals surface area contributed by atoms with Crippen LogP contribution in [0.1, 0.15) is 94.0 Å². The molecule has 2 heterocycles. The zero-order chi connectivity index (χ0) is 28.1. The maximum atomic E-state index is 13.1. The van der Waals surface area contributed by atoms with Crippen molar-refractivity contribution in [3.8, 4) is 6.07 Å². The Balaban J connectivity index is 1.12. The van der Waals surface area contributed by atoms with Gasteiger partial charge in [-0.3, -0.25) is 4.79 Å². The van der Waals surface area contributed by atoms with E-state index in [-0.39, 0.29) is 17.1 Å². The van der Waals surface area contributed by atoms with Crippen LogP contribution in [0.3, 0.4) is 0 Å². The first-order valence-corrected chi connectivity index (χ1v) is 17.0. The molecule has 6 nitrogen and oxygen atoms in total. The average molecular weight is 578 g/mol. The quantitative estimate of drug-likeness (QED) is 0.235. The number of allylic oxidation sites excluding steroid dienone is 1. The molecule has 0 spiro atoms. The third-order valence-electron chi connectivity index (χ3n) is 10.8. The second kappa shape index (κ2) is 10.9. The molecular weight excluding hydrogens is 535 g/mol. The van der Waals surface area contributed by atoms with E-state index in [0.29, 0.717) is 28.4 Å². The van der Waals surface area contributed by atoms with Crippen LogP contribution < -0.4 is 5.32 Å². The largest absolute Gasteiger partial charge is 0.316 e. The highest BCUT2D eigenvalue weighted by Crippen LogP contribution is 2.61. The van der Waals surface area contributed by atoms with Crippen molar-refractivity contribution in [1.82, 2.24) is 14.8 Å². The molecule has 7 rings (SSSR count). The number of nitrogens with zero attached hydrogens (tertiary/aromatic N) is 4. The molecule has 4 fully saturated rings. The van der Waals surface area contributed by atoms with Crippen LogP contribution >= 0.6 is 23.1 Å². The van der Waals surface area contributed by atoms with Crippen molar-refractivity contribution in [2.45, 2.75) is 103 Å². The lowest BCUT2D eigenvalue weighted by Gasteiger charge is -2.56. The number of thioether (sulfide) groups is 1. The van der Waals surface area contributed by atoms with Gasteiger partial charge in [-0.05, 0) is 97.9 Å². The molecule has 5 aliphatic carbocycles. The van der Waals surface area contributed by atoms with Crippen molar-refractivity contribution in [3.05, 3.63) is 34.5 Å². The first kappa shape index (κ1) is 28.0. The molecule has 1 N–H and O–H groups in total. The van der Waals surface area contributed by atoms with Crippen LogP contribution in [0, 0.1) is 45.8 Å². The average Bonchev–Trinajstić information content (AvgIpc) is 3.45. The van der Waals surface area contributed by atoms with E-state index in [4.69, 9.17) is 0 Å². The number of rotatable bonds is 10. The van der Waals surface area contributed by atoms with Gasteiger partial charge in [0.25, 0.3) is 0 Å². The van der Waals surface area contributed by atoms with Crippen molar-refractivity contribution in [3.63, 3.8) is 0 Å². The van der Waals surface area contributed by atoms with Crippen LogP contribution in [0.4, 0.5) is 5.00 Å². The van der Waals surface area contributed by atoms with Crippen LogP contribution in [0.2, 0.25) is 0 Å². The molecule has 1 atom stereocenters. The van der Waals surface area contributed by atoms with E-state index in [9.17, 15) is 10.1 Å². The minimum absolute atomic E-state index is 0.0960. The Kier molecular flexibility index (Phi) is 7.67. The Hall–Kier alpha value is -2.11. The minimum Gasteiger partial charge on any atom is -0.316 e. The van der Waals surface area contributed by atoms with Gasteiger partial charge in [-0.1, -0.05) is 45.0 Å². The second-order valence-electron chi connectivity index (χ2n) is 13.8. The summed E-state index contributed by atoms with van der Waals surface area (Å²) < 4.78 is 2.17. The summed E-state index contributed by atoms with van der Waals surface area (Å²) >= 11 is 3.04. The highest BCUT2D eigenvalue weighted by Gasteiger charge is 2.51. The molecule has 8 heteroatoms. The molecule has 0 aliphatic heterocycles. The number of carbonyl (C=O) groups is 1. The molecule has 0 radical (unpaired) electrons. The van der Waals surface area contributed by atoms with Gasteiger partial charge < -0.3 is 9.88 Å². The maximum absolute atomic E-state index is 13.1. The standard InChI is InChI=1S/C32H43N5OS2/c1-5-9-37-27(17-32-14-20-10-21(15-32)12-22(11-20)16-32)35-36-30(37)39-19-28(38)34-29-25(18-33)24-8-7-23(13-26(24)40-29)31(3,4)6-2/h5,20-23H,1,6-17,19H2,2-4H3,(H,34,38). The minimum atomic E-state index is -0.0960. The summed E-state index contributed by atoms with van der Waals surface area (Å²) in [6, 6.07) is 2.39. The normalized spacial score (nSPS) is 28.8. The van der Waals surface area contributed by atoms with Gasteiger partial charge in [0.1, 0.15) is 16.9 Å². The fourth-order valence-electron chi connectivity index (χ4n) is 8.75. The third-order valence-corrected chi connectivity index (χ3v) is 12.9. The van der Waals surface area contributed by atoms with Gasteiger partial charge >= 0.3 is 0 Å². The van der Waals surface area contributed by atoms with Crippen molar-refractivity contribution in [1.29, 1.82) is 5.26 Å². The van der Waals surface area contributed by atoms with Crippen molar-refractivity contribution in [2.75, 3.05) is 11.1 Å². The summed E-state index contributed by atoms with van der Waals surface area (Å²) in [5.74, 6) is 4.52. The molecule has 40 heavy (non-hydrogen) atoms. The highest BCUT2D eigenvalue weighted by molar-refractivity contribution is 7.99. The van der Waals surface area contributed by atoms with Crippen LogP contribution in [0.15, 0.2) is 17.8 Å². The van der Waals surface area contributed by atoms with Gasteiger partial charge in [0.05, 0.1) is 11.3 Å². The molecule has 0 saturated heterocycles. The Labute approximate surface area is 247 Å². The van der Waals surface area contributed by atoms with Gasteiger partial charge in [-0.25, -0.2) is 0 Å². The Morgan fingerprint density at radius 1 is 1.25 bits per heavy atom. The number of hydrogen-bond donors (Lipinski definition) is 1. The zero-order valence-electron chi connectivity index (χ0n) is 24.3. The molecule has 4 saturated carbocycles. The zero-order valence-corrected chi connectivity index (χ0v) is 25.9. The van der Waals surface area contributed by atoms with Crippen LogP contribution in [-0.4, -0.2) is 26.4 Å². The fourth-order valence-corrected chi connectivity index (χ4v) is 10.8. The smallest absolute Gasteiger partial charge is 0.235 e. The number of hydrogen-bond acceptors (Lipinski definition) is 6. The van der Waals surface area contributed by atoms with Crippen LogP contribution in [0.5, 0.6) is 0 Å². The fraction of sp³-hybridized carbons (Fsp3) is 0.688. The monoisotopic (exact) mass is 577 g/mol. The van der Waals surface area contributed by atoms with Gasteiger partial charge in [-0.2, -0.15) is 5.26 Å². The maximum Gasteiger partial charge on any atom is 0.235 e. The molecule has 5 aliphatic rings. The Morgan fingerprint density at radius 2 is 1.95 bits per heavy atom. The number of anilines is 1. The summed E-state index contributed by atoms with van der Waals surface area (Å²) in [6.07, 6.45) is 15.4.